The summed E-state index contributed by atoms with van der Waals surface area (Å²) in [6.07, 6.45) is 2.65. The lowest BCUT2D eigenvalue weighted by atomic mass is 9.95. The van der Waals surface area contributed by atoms with Gasteiger partial charge in [-0.25, -0.2) is 4.98 Å². The Bertz CT molecular complexity index is 407. The van der Waals surface area contributed by atoms with E-state index >= 15 is 0 Å². The van der Waals surface area contributed by atoms with Gasteiger partial charge in [0, 0.05) is 12.1 Å². The van der Waals surface area contributed by atoms with E-state index in [1.54, 1.807) is 0 Å². The number of hydrogen-bond acceptors (Lipinski definition) is 4. The van der Waals surface area contributed by atoms with Gasteiger partial charge in [-0.15, -0.1) is 0 Å². The maximum atomic E-state index is 11.3. The van der Waals surface area contributed by atoms with Crippen molar-refractivity contribution in [2.24, 2.45) is 0 Å². The van der Waals surface area contributed by atoms with Crippen LogP contribution in [0, 0.1) is 0 Å². The number of aromatic amines is 1. The van der Waals surface area contributed by atoms with Gasteiger partial charge < -0.3 is 15.4 Å². The Labute approximate surface area is 98.9 Å². The van der Waals surface area contributed by atoms with E-state index in [0.717, 1.165) is 6.42 Å². The number of halogens is 1. The molecule has 3 N–H and O–H groups in total. The van der Waals surface area contributed by atoms with Gasteiger partial charge in [-0.05, 0) is 19.8 Å². The molecule has 0 aromatic carbocycles. The van der Waals surface area contributed by atoms with Crippen LogP contribution in [0.15, 0.2) is 11.1 Å². The zero-order valence-electron chi connectivity index (χ0n) is 9.38. The van der Waals surface area contributed by atoms with Crippen molar-refractivity contribution in [2.75, 3.05) is 11.9 Å². The summed E-state index contributed by atoms with van der Waals surface area (Å²) in [6.45, 7) is 4.00. The molecule has 0 aliphatic heterocycles. The summed E-state index contributed by atoms with van der Waals surface area (Å²) in [7, 11) is 0. The number of nitrogens with one attached hydrogen (secondary N) is 2. The van der Waals surface area contributed by atoms with Crippen LogP contribution in [0.5, 0.6) is 0 Å². The van der Waals surface area contributed by atoms with Gasteiger partial charge in [-0.3, -0.25) is 4.79 Å². The maximum absolute atomic E-state index is 11.3. The van der Waals surface area contributed by atoms with Crippen molar-refractivity contribution < 1.29 is 5.11 Å². The van der Waals surface area contributed by atoms with E-state index in [0.29, 0.717) is 12.2 Å². The molecule has 6 heteroatoms. The molecule has 0 radical (unpaired) electrons. The predicted molar refractivity (Wildman–Crippen MR) is 63.9 cm³/mol. The Morgan fingerprint density at radius 1 is 1.69 bits per heavy atom. The third-order valence-electron chi connectivity index (χ3n) is 2.66. The molecule has 1 heterocycles. The van der Waals surface area contributed by atoms with Crippen LogP contribution >= 0.6 is 11.6 Å². The number of hydrogen-bond donors (Lipinski definition) is 3. The number of aromatic nitrogens is 2. The molecule has 1 unspecified atom stereocenters. The highest BCUT2D eigenvalue weighted by atomic mass is 35.5. The lowest BCUT2D eigenvalue weighted by Crippen LogP contribution is -2.36. The summed E-state index contributed by atoms with van der Waals surface area (Å²) in [5.74, 6) is 0.350. The van der Waals surface area contributed by atoms with Crippen LogP contribution in [0.3, 0.4) is 0 Å². The molecule has 0 saturated carbocycles. The van der Waals surface area contributed by atoms with Crippen molar-refractivity contribution in [1.82, 2.24) is 9.97 Å². The molecule has 0 aliphatic rings. The molecule has 5 nitrogen and oxygen atoms in total. The van der Waals surface area contributed by atoms with Crippen LogP contribution < -0.4 is 10.9 Å². The van der Waals surface area contributed by atoms with Crippen LogP contribution in [0.25, 0.3) is 0 Å². The largest absolute Gasteiger partial charge is 0.396 e. The van der Waals surface area contributed by atoms with E-state index < -0.39 is 0 Å². The SMILES string of the molecule is CCC(C)(CCO)Nc1nc[nH]c(=O)c1Cl. The van der Waals surface area contributed by atoms with Crippen LogP contribution in [0.1, 0.15) is 26.7 Å². The molecule has 0 amide bonds. The van der Waals surface area contributed by atoms with Gasteiger partial charge in [0.1, 0.15) is 5.02 Å². The number of aliphatic hydroxyl groups is 1. The van der Waals surface area contributed by atoms with Crippen molar-refractivity contribution in [2.45, 2.75) is 32.2 Å². The van der Waals surface area contributed by atoms with Gasteiger partial charge in [-0.1, -0.05) is 18.5 Å². The summed E-state index contributed by atoms with van der Waals surface area (Å²) in [5, 5.41) is 12.1. The van der Waals surface area contributed by atoms with Crippen LogP contribution in [0.2, 0.25) is 5.02 Å². The average Bonchev–Trinajstić information content (AvgIpc) is 2.25. The Balaban J connectivity index is 2.94. The molecule has 1 atom stereocenters. The summed E-state index contributed by atoms with van der Waals surface area (Å²) in [5.41, 5.74) is -0.694. The van der Waals surface area contributed by atoms with Crippen molar-refractivity contribution >= 4 is 17.4 Å². The second-order valence-corrected chi connectivity index (χ2v) is 4.29. The normalized spacial score (nSPS) is 14.5. The molecule has 0 bridgehead atoms. The van der Waals surface area contributed by atoms with Crippen LogP contribution in [0.4, 0.5) is 5.82 Å². The molecule has 0 fully saturated rings. The summed E-state index contributed by atoms with van der Waals surface area (Å²) < 4.78 is 0. The molecular formula is C10H16ClN3O2. The highest BCUT2D eigenvalue weighted by Gasteiger charge is 2.23. The molecule has 1 aromatic rings. The minimum absolute atomic E-state index is 0.0418. The number of aliphatic hydroxyl groups excluding tert-OH is 1. The van der Waals surface area contributed by atoms with Gasteiger partial charge in [0.2, 0.25) is 0 Å². The highest BCUT2D eigenvalue weighted by molar-refractivity contribution is 6.32. The molecule has 16 heavy (non-hydrogen) atoms. The van der Waals surface area contributed by atoms with Gasteiger partial charge >= 0.3 is 0 Å². The second-order valence-electron chi connectivity index (χ2n) is 3.91. The quantitative estimate of drug-likeness (QED) is 0.733. The third kappa shape index (κ3) is 2.96. The van der Waals surface area contributed by atoms with E-state index in [-0.39, 0.29) is 22.7 Å². The summed E-state index contributed by atoms with van der Waals surface area (Å²) >= 11 is 5.83. The zero-order valence-corrected chi connectivity index (χ0v) is 10.1. The van der Waals surface area contributed by atoms with E-state index in [1.165, 1.54) is 6.33 Å². The monoisotopic (exact) mass is 245 g/mol. The van der Waals surface area contributed by atoms with Crippen molar-refractivity contribution in [1.29, 1.82) is 0 Å². The van der Waals surface area contributed by atoms with Crippen molar-refractivity contribution in [3.63, 3.8) is 0 Å². The number of nitrogens with zero attached hydrogens (tertiary/aromatic N) is 1. The zero-order chi connectivity index (χ0) is 12.2. The maximum Gasteiger partial charge on any atom is 0.271 e. The fourth-order valence-electron chi connectivity index (χ4n) is 1.33. The number of rotatable bonds is 5. The first-order chi connectivity index (χ1) is 7.52. The van der Waals surface area contributed by atoms with E-state index in [9.17, 15) is 4.79 Å². The first-order valence-corrected chi connectivity index (χ1v) is 5.52. The number of anilines is 1. The van der Waals surface area contributed by atoms with Gasteiger partial charge in [-0.2, -0.15) is 0 Å². The molecule has 0 saturated heterocycles. The minimum atomic E-state index is -0.374. The minimum Gasteiger partial charge on any atom is -0.396 e. The van der Waals surface area contributed by atoms with Gasteiger partial charge in [0.25, 0.3) is 5.56 Å². The molecule has 0 spiro atoms. The highest BCUT2D eigenvalue weighted by Crippen LogP contribution is 2.23. The lowest BCUT2D eigenvalue weighted by molar-refractivity contribution is 0.252. The Morgan fingerprint density at radius 2 is 2.38 bits per heavy atom. The molecule has 90 valence electrons. The summed E-state index contributed by atoms with van der Waals surface area (Å²) in [6, 6.07) is 0. The Hall–Kier alpha value is -1.07. The smallest absolute Gasteiger partial charge is 0.271 e. The average molecular weight is 246 g/mol. The Morgan fingerprint density at radius 3 is 2.94 bits per heavy atom. The molecule has 1 aromatic heterocycles. The van der Waals surface area contributed by atoms with Crippen LogP contribution in [-0.4, -0.2) is 27.2 Å². The van der Waals surface area contributed by atoms with Gasteiger partial charge in [0.15, 0.2) is 5.82 Å². The van der Waals surface area contributed by atoms with E-state index in [4.69, 9.17) is 16.7 Å². The third-order valence-corrected chi connectivity index (χ3v) is 3.01. The van der Waals surface area contributed by atoms with E-state index in [1.807, 2.05) is 13.8 Å². The van der Waals surface area contributed by atoms with Gasteiger partial charge in [0.05, 0.1) is 6.33 Å². The fourth-order valence-corrected chi connectivity index (χ4v) is 1.48. The standard InChI is InChI=1S/C10H16ClN3O2/c1-3-10(2,4-5-15)14-8-7(11)9(16)13-6-12-8/h6,15H,3-5H2,1-2H3,(H2,12,13,14,16). The number of H-pyrrole nitrogens is 1. The predicted octanol–water partition coefficient (Wildman–Crippen LogP) is 1.39. The van der Waals surface area contributed by atoms with E-state index in [2.05, 4.69) is 15.3 Å². The first-order valence-electron chi connectivity index (χ1n) is 5.14. The van der Waals surface area contributed by atoms with Crippen molar-refractivity contribution in [3.8, 4) is 0 Å². The first kappa shape index (κ1) is 13.0. The summed E-state index contributed by atoms with van der Waals surface area (Å²) in [4.78, 5) is 17.6. The lowest BCUT2D eigenvalue weighted by Gasteiger charge is -2.29. The molecular weight excluding hydrogens is 230 g/mol. The topological polar surface area (TPSA) is 78.0 Å². The molecule has 1 rings (SSSR count). The molecule has 0 aliphatic carbocycles. The van der Waals surface area contributed by atoms with Crippen LogP contribution in [-0.2, 0) is 0 Å². The Kier molecular flexibility index (Phi) is 4.32. The van der Waals surface area contributed by atoms with Crippen molar-refractivity contribution in [3.05, 3.63) is 21.7 Å². The fraction of sp³-hybridized carbons (Fsp3) is 0.600. The second kappa shape index (κ2) is 5.32.